The Morgan fingerprint density at radius 1 is 1.75 bits per heavy atom. The number of nitrogens with zero attached hydrogens (tertiary/aromatic N) is 3. The van der Waals surface area contributed by atoms with Gasteiger partial charge in [0.2, 0.25) is 5.82 Å². The lowest BCUT2D eigenvalue weighted by molar-refractivity contribution is 0.0810. The molecule has 1 aromatic heterocycles. The summed E-state index contributed by atoms with van der Waals surface area (Å²) in [6.45, 7) is -0.123. The first-order valence-electron chi connectivity index (χ1n) is 3.48. The third-order valence-corrected chi connectivity index (χ3v) is 1.43. The third-order valence-electron chi connectivity index (χ3n) is 1.43. The first-order valence-corrected chi connectivity index (χ1v) is 3.48. The van der Waals surface area contributed by atoms with Gasteiger partial charge in [-0.15, -0.1) is 0 Å². The zero-order chi connectivity index (χ0) is 8.97. The van der Waals surface area contributed by atoms with Gasteiger partial charge in [-0.1, -0.05) is 0 Å². The molecule has 1 rings (SSSR count). The fourth-order valence-electron chi connectivity index (χ4n) is 0.854. The van der Waals surface area contributed by atoms with Crippen molar-refractivity contribution in [1.29, 1.82) is 5.26 Å². The Morgan fingerprint density at radius 3 is 3.08 bits per heavy atom. The SMILES string of the molecule is N#Cc1nccn1CC(O)CO. The summed E-state index contributed by atoms with van der Waals surface area (Å²) < 4.78 is 1.49. The lowest BCUT2D eigenvalue weighted by atomic mass is 10.4. The summed E-state index contributed by atoms with van der Waals surface area (Å²) in [7, 11) is 0. The van der Waals surface area contributed by atoms with Crippen molar-refractivity contribution in [3.05, 3.63) is 18.2 Å². The number of hydrogen-bond acceptors (Lipinski definition) is 4. The Kier molecular flexibility index (Phi) is 2.80. The van der Waals surface area contributed by atoms with E-state index in [2.05, 4.69) is 4.98 Å². The van der Waals surface area contributed by atoms with Gasteiger partial charge in [0.25, 0.3) is 0 Å². The highest BCUT2D eigenvalue weighted by Gasteiger charge is 2.06. The quantitative estimate of drug-likeness (QED) is 0.611. The van der Waals surface area contributed by atoms with Crippen LogP contribution in [0.25, 0.3) is 0 Å². The van der Waals surface area contributed by atoms with E-state index in [9.17, 15) is 0 Å². The van der Waals surface area contributed by atoms with E-state index in [1.165, 1.54) is 10.8 Å². The minimum absolute atomic E-state index is 0.194. The maximum Gasteiger partial charge on any atom is 0.212 e. The van der Waals surface area contributed by atoms with Crippen LogP contribution in [0.4, 0.5) is 0 Å². The van der Waals surface area contributed by atoms with Crippen LogP contribution in [-0.4, -0.2) is 32.5 Å². The highest BCUT2D eigenvalue weighted by atomic mass is 16.3. The lowest BCUT2D eigenvalue weighted by Gasteiger charge is -2.07. The van der Waals surface area contributed by atoms with Crippen molar-refractivity contribution in [2.45, 2.75) is 12.6 Å². The molecule has 0 amide bonds. The van der Waals surface area contributed by atoms with E-state index in [0.29, 0.717) is 0 Å². The Labute approximate surface area is 69.5 Å². The summed E-state index contributed by atoms with van der Waals surface area (Å²) >= 11 is 0. The number of imidazole rings is 1. The summed E-state index contributed by atoms with van der Waals surface area (Å²) in [5.74, 6) is 0.238. The van der Waals surface area contributed by atoms with Crippen molar-refractivity contribution in [2.24, 2.45) is 0 Å². The van der Waals surface area contributed by atoms with Crippen LogP contribution in [0.1, 0.15) is 5.82 Å². The van der Waals surface area contributed by atoms with E-state index >= 15 is 0 Å². The van der Waals surface area contributed by atoms with Gasteiger partial charge in [0.1, 0.15) is 6.07 Å². The van der Waals surface area contributed by atoms with Crippen molar-refractivity contribution in [1.82, 2.24) is 9.55 Å². The zero-order valence-corrected chi connectivity index (χ0v) is 6.38. The van der Waals surface area contributed by atoms with Crippen LogP contribution in [0.3, 0.4) is 0 Å². The van der Waals surface area contributed by atoms with Gasteiger partial charge >= 0.3 is 0 Å². The molecule has 0 saturated heterocycles. The zero-order valence-electron chi connectivity index (χ0n) is 6.38. The van der Waals surface area contributed by atoms with E-state index in [0.717, 1.165) is 0 Å². The summed E-state index contributed by atoms with van der Waals surface area (Å²) in [5, 5.41) is 26.1. The van der Waals surface area contributed by atoms with Crippen molar-refractivity contribution in [3.8, 4) is 6.07 Å². The van der Waals surface area contributed by atoms with Gasteiger partial charge in [-0.2, -0.15) is 5.26 Å². The number of aliphatic hydroxyl groups is 2. The molecule has 5 nitrogen and oxygen atoms in total. The predicted molar refractivity (Wildman–Crippen MR) is 40.0 cm³/mol. The van der Waals surface area contributed by atoms with E-state index in [-0.39, 0.29) is 19.0 Å². The van der Waals surface area contributed by atoms with Crippen molar-refractivity contribution in [3.63, 3.8) is 0 Å². The lowest BCUT2D eigenvalue weighted by Crippen LogP contribution is -2.20. The van der Waals surface area contributed by atoms with Gasteiger partial charge in [0.15, 0.2) is 0 Å². The minimum Gasteiger partial charge on any atom is -0.394 e. The summed E-state index contributed by atoms with van der Waals surface area (Å²) in [4.78, 5) is 3.73. The molecule has 0 aliphatic heterocycles. The first-order chi connectivity index (χ1) is 5.77. The molecule has 0 bridgehead atoms. The fraction of sp³-hybridized carbons (Fsp3) is 0.429. The summed E-state index contributed by atoms with van der Waals surface area (Å²) in [5.41, 5.74) is 0. The average molecular weight is 167 g/mol. The number of nitriles is 1. The standard InChI is InChI=1S/C7H9N3O2/c8-3-7-9-1-2-10(7)4-6(12)5-11/h1-2,6,11-12H,4-5H2. The molecule has 0 radical (unpaired) electrons. The van der Waals surface area contributed by atoms with Crippen LogP contribution in [0, 0.1) is 11.3 Å². The van der Waals surface area contributed by atoms with Gasteiger partial charge < -0.3 is 14.8 Å². The predicted octanol–water partition coefficient (Wildman–Crippen LogP) is -0.892. The number of hydrogen-bond donors (Lipinski definition) is 2. The second kappa shape index (κ2) is 3.85. The smallest absolute Gasteiger partial charge is 0.212 e. The van der Waals surface area contributed by atoms with E-state index < -0.39 is 6.10 Å². The first kappa shape index (κ1) is 8.71. The van der Waals surface area contributed by atoms with Gasteiger partial charge in [-0.25, -0.2) is 4.98 Å². The highest BCUT2D eigenvalue weighted by Crippen LogP contribution is 1.97. The van der Waals surface area contributed by atoms with Crippen LogP contribution in [0.5, 0.6) is 0 Å². The molecule has 0 aromatic carbocycles. The second-order valence-electron chi connectivity index (χ2n) is 2.35. The molecule has 0 aliphatic rings. The average Bonchev–Trinajstić information content (AvgIpc) is 2.51. The third kappa shape index (κ3) is 1.81. The van der Waals surface area contributed by atoms with Gasteiger partial charge in [0, 0.05) is 12.4 Å². The topological polar surface area (TPSA) is 82.1 Å². The molecule has 0 aliphatic carbocycles. The van der Waals surface area contributed by atoms with Gasteiger partial charge in [-0.3, -0.25) is 0 Å². The monoisotopic (exact) mass is 167 g/mol. The van der Waals surface area contributed by atoms with Gasteiger partial charge in [-0.05, 0) is 0 Å². The summed E-state index contributed by atoms with van der Waals surface area (Å²) in [6.07, 6.45) is 2.21. The molecule has 0 fully saturated rings. The normalized spacial score (nSPS) is 12.4. The molecule has 12 heavy (non-hydrogen) atoms. The Hall–Kier alpha value is -1.38. The van der Waals surface area contributed by atoms with Gasteiger partial charge in [0.05, 0.1) is 19.3 Å². The minimum atomic E-state index is -0.841. The van der Waals surface area contributed by atoms with Crippen LogP contribution >= 0.6 is 0 Å². The molecule has 1 heterocycles. The van der Waals surface area contributed by atoms with E-state index in [4.69, 9.17) is 15.5 Å². The second-order valence-corrected chi connectivity index (χ2v) is 2.35. The number of rotatable bonds is 3. The molecule has 64 valence electrons. The number of aliphatic hydroxyl groups excluding tert-OH is 2. The van der Waals surface area contributed by atoms with Crippen LogP contribution < -0.4 is 0 Å². The maximum atomic E-state index is 9.04. The molecule has 5 heteroatoms. The number of aromatic nitrogens is 2. The van der Waals surface area contributed by atoms with Crippen LogP contribution in [0.2, 0.25) is 0 Å². The molecule has 1 atom stereocenters. The van der Waals surface area contributed by atoms with Crippen LogP contribution in [0.15, 0.2) is 12.4 Å². The molecule has 2 N–H and O–H groups in total. The van der Waals surface area contributed by atoms with E-state index in [1.54, 1.807) is 6.20 Å². The van der Waals surface area contributed by atoms with Crippen LogP contribution in [-0.2, 0) is 6.54 Å². The molecular formula is C7H9N3O2. The maximum absolute atomic E-state index is 9.04. The van der Waals surface area contributed by atoms with Crippen molar-refractivity contribution in [2.75, 3.05) is 6.61 Å². The summed E-state index contributed by atoms with van der Waals surface area (Å²) in [6, 6.07) is 1.86. The molecule has 0 spiro atoms. The molecule has 0 saturated carbocycles. The highest BCUT2D eigenvalue weighted by molar-refractivity contribution is 5.11. The van der Waals surface area contributed by atoms with E-state index in [1.807, 2.05) is 6.07 Å². The Morgan fingerprint density at radius 2 is 2.50 bits per heavy atom. The largest absolute Gasteiger partial charge is 0.394 e. The molecule has 1 unspecified atom stereocenters. The Balaban J connectivity index is 2.69. The Bertz CT molecular complexity index is 289. The molecule has 1 aromatic rings. The molecular weight excluding hydrogens is 158 g/mol. The fourth-order valence-corrected chi connectivity index (χ4v) is 0.854. The van der Waals surface area contributed by atoms with Crippen molar-refractivity contribution < 1.29 is 10.2 Å². The van der Waals surface area contributed by atoms with Crippen molar-refractivity contribution >= 4 is 0 Å².